The van der Waals surface area contributed by atoms with Gasteiger partial charge in [-0.15, -0.1) is 0 Å². The molecule has 3 heteroatoms. The van der Waals surface area contributed by atoms with Crippen LogP contribution in [0.1, 0.15) is 33.1 Å². The summed E-state index contributed by atoms with van der Waals surface area (Å²) in [5.41, 5.74) is 0.0353. The van der Waals surface area contributed by atoms with Gasteiger partial charge in [0.25, 0.3) is 0 Å². The van der Waals surface area contributed by atoms with Crippen LogP contribution in [0.3, 0.4) is 0 Å². The lowest BCUT2D eigenvalue weighted by Gasteiger charge is -2.36. The van der Waals surface area contributed by atoms with Crippen molar-refractivity contribution in [2.45, 2.75) is 44.8 Å². The number of ether oxygens (including phenoxy) is 2. The molecule has 1 aliphatic rings. The maximum atomic E-state index is 5.66. The second kappa shape index (κ2) is 6.13. The summed E-state index contributed by atoms with van der Waals surface area (Å²) in [4.78, 5) is 0. The maximum absolute atomic E-state index is 5.66. The number of nitrogens with one attached hydrogen (secondary N) is 1. The van der Waals surface area contributed by atoms with Crippen LogP contribution in [0, 0.1) is 0 Å². The average molecular weight is 213 g/mol. The molecule has 0 aliphatic carbocycles. The Balaban J connectivity index is 2.08. The summed E-state index contributed by atoms with van der Waals surface area (Å²) in [6.45, 7) is 10.4. The monoisotopic (exact) mass is 213 g/mol. The molecule has 1 saturated heterocycles. The quantitative estimate of drug-likeness (QED) is 0.541. The van der Waals surface area contributed by atoms with Gasteiger partial charge < -0.3 is 14.8 Å². The van der Waals surface area contributed by atoms with Gasteiger partial charge in [0, 0.05) is 12.6 Å². The van der Waals surface area contributed by atoms with E-state index in [1.807, 2.05) is 0 Å². The molecule has 15 heavy (non-hydrogen) atoms. The first-order chi connectivity index (χ1) is 7.14. The van der Waals surface area contributed by atoms with Crippen LogP contribution in [-0.4, -0.2) is 31.4 Å². The van der Waals surface area contributed by atoms with Crippen molar-refractivity contribution < 1.29 is 9.47 Å². The first kappa shape index (κ1) is 12.5. The average Bonchev–Trinajstić information content (AvgIpc) is 2.16. The molecular formula is C12H23NO2. The Hall–Kier alpha value is -0.540. The van der Waals surface area contributed by atoms with Gasteiger partial charge in [0.1, 0.15) is 0 Å². The number of hydrogen-bond donors (Lipinski definition) is 1. The smallest absolute Gasteiger partial charge is 0.0885 e. The van der Waals surface area contributed by atoms with Crippen molar-refractivity contribution in [3.63, 3.8) is 0 Å². The molecule has 3 nitrogen and oxygen atoms in total. The molecule has 0 spiro atoms. The van der Waals surface area contributed by atoms with Gasteiger partial charge in [0.15, 0.2) is 0 Å². The Labute approximate surface area is 92.8 Å². The van der Waals surface area contributed by atoms with E-state index in [1.54, 1.807) is 0 Å². The second-order valence-corrected chi connectivity index (χ2v) is 4.64. The molecule has 1 rings (SSSR count). The topological polar surface area (TPSA) is 30.5 Å². The van der Waals surface area contributed by atoms with Crippen LogP contribution < -0.4 is 5.32 Å². The van der Waals surface area contributed by atoms with Crippen LogP contribution in [-0.2, 0) is 9.47 Å². The summed E-state index contributed by atoms with van der Waals surface area (Å²) >= 11 is 0. The summed E-state index contributed by atoms with van der Waals surface area (Å²) in [7, 11) is 0. The van der Waals surface area contributed by atoms with Crippen LogP contribution in [0.2, 0.25) is 0 Å². The van der Waals surface area contributed by atoms with Gasteiger partial charge in [0.2, 0.25) is 0 Å². The summed E-state index contributed by atoms with van der Waals surface area (Å²) in [5.74, 6) is 0. The predicted molar refractivity (Wildman–Crippen MR) is 61.8 cm³/mol. The van der Waals surface area contributed by atoms with Gasteiger partial charge in [-0.1, -0.05) is 6.58 Å². The highest BCUT2D eigenvalue weighted by atomic mass is 16.5. The van der Waals surface area contributed by atoms with Gasteiger partial charge in [-0.25, -0.2) is 0 Å². The fraction of sp³-hybridized carbons (Fsp3) is 0.833. The predicted octanol–water partition coefficient (Wildman–Crippen LogP) is 2.08. The lowest BCUT2D eigenvalue weighted by atomic mass is 9.94. The van der Waals surface area contributed by atoms with Gasteiger partial charge in [0.05, 0.1) is 18.5 Å². The largest absolute Gasteiger partial charge is 0.502 e. The molecule has 0 aromatic rings. The van der Waals surface area contributed by atoms with Crippen LogP contribution in [0.25, 0.3) is 0 Å². The van der Waals surface area contributed by atoms with Crippen molar-refractivity contribution in [1.29, 1.82) is 0 Å². The van der Waals surface area contributed by atoms with Gasteiger partial charge in [-0.2, -0.15) is 0 Å². The third-order valence-corrected chi connectivity index (χ3v) is 2.69. The highest BCUT2D eigenvalue weighted by Crippen LogP contribution is 2.23. The van der Waals surface area contributed by atoms with Crippen molar-refractivity contribution in [2.75, 3.05) is 19.8 Å². The van der Waals surface area contributed by atoms with Crippen LogP contribution in [0.15, 0.2) is 12.8 Å². The number of rotatable bonds is 6. The zero-order valence-electron chi connectivity index (χ0n) is 9.92. The maximum Gasteiger partial charge on any atom is 0.0885 e. The summed E-state index contributed by atoms with van der Waals surface area (Å²) < 4.78 is 10.7. The zero-order valence-corrected chi connectivity index (χ0v) is 9.92. The molecule has 1 atom stereocenters. The van der Waals surface area contributed by atoms with E-state index in [-0.39, 0.29) is 5.60 Å². The molecule has 0 saturated carbocycles. The van der Waals surface area contributed by atoms with Crippen molar-refractivity contribution in [3.05, 3.63) is 12.8 Å². The molecule has 0 aromatic heterocycles. The Morgan fingerprint density at radius 2 is 2.40 bits per heavy atom. The standard InChI is InChI=1S/C12H23NO2/c1-4-14-8-5-7-13-11-6-9-15-12(2,3)10-11/h4,11,13H,1,5-10H2,2-3H3. The van der Waals surface area contributed by atoms with E-state index in [2.05, 4.69) is 25.7 Å². The molecule has 0 bridgehead atoms. The first-order valence-electron chi connectivity index (χ1n) is 5.74. The third kappa shape index (κ3) is 5.19. The molecular weight excluding hydrogens is 190 g/mol. The molecule has 0 radical (unpaired) electrons. The van der Waals surface area contributed by atoms with Crippen molar-refractivity contribution in [2.24, 2.45) is 0 Å². The molecule has 1 heterocycles. The Kier molecular flexibility index (Phi) is 5.12. The molecule has 1 unspecified atom stereocenters. The van der Waals surface area contributed by atoms with Gasteiger partial charge in [-0.3, -0.25) is 0 Å². The lowest BCUT2D eigenvalue weighted by Crippen LogP contribution is -2.44. The molecule has 1 aliphatic heterocycles. The van der Waals surface area contributed by atoms with E-state index in [0.717, 1.165) is 39.0 Å². The number of hydrogen-bond acceptors (Lipinski definition) is 3. The van der Waals surface area contributed by atoms with Gasteiger partial charge in [-0.05, 0) is 39.7 Å². The van der Waals surface area contributed by atoms with E-state index in [4.69, 9.17) is 9.47 Å². The minimum atomic E-state index is 0.0353. The highest BCUT2D eigenvalue weighted by Gasteiger charge is 2.28. The minimum Gasteiger partial charge on any atom is -0.502 e. The minimum absolute atomic E-state index is 0.0353. The van der Waals surface area contributed by atoms with Crippen molar-refractivity contribution in [1.82, 2.24) is 5.32 Å². The van der Waals surface area contributed by atoms with Crippen LogP contribution in [0.4, 0.5) is 0 Å². The molecule has 1 fully saturated rings. The Morgan fingerprint density at radius 1 is 1.60 bits per heavy atom. The second-order valence-electron chi connectivity index (χ2n) is 4.64. The van der Waals surface area contributed by atoms with E-state index in [0.29, 0.717) is 6.04 Å². The fourth-order valence-corrected chi connectivity index (χ4v) is 1.95. The normalized spacial score (nSPS) is 24.8. The SMILES string of the molecule is C=COCCCNC1CCOC(C)(C)C1. The first-order valence-corrected chi connectivity index (χ1v) is 5.74. The Morgan fingerprint density at radius 3 is 3.07 bits per heavy atom. The molecule has 88 valence electrons. The summed E-state index contributed by atoms with van der Waals surface area (Å²) in [6, 6.07) is 0.595. The molecule has 1 N–H and O–H groups in total. The van der Waals surface area contributed by atoms with E-state index >= 15 is 0 Å². The fourth-order valence-electron chi connectivity index (χ4n) is 1.95. The molecule has 0 aromatic carbocycles. The zero-order chi connectivity index (χ0) is 11.1. The lowest BCUT2D eigenvalue weighted by molar-refractivity contribution is -0.0628. The van der Waals surface area contributed by atoms with Gasteiger partial charge >= 0.3 is 0 Å². The van der Waals surface area contributed by atoms with Crippen LogP contribution in [0.5, 0.6) is 0 Å². The van der Waals surface area contributed by atoms with Crippen molar-refractivity contribution in [3.8, 4) is 0 Å². The Bertz CT molecular complexity index is 192. The highest BCUT2D eigenvalue weighted by molar-refractivity contribution is 4.82. The van der Waals surface area contributed by atoms with E-state index in [9.17, 15) is 0 Å². The van der Waals surface area contributed by atoms with E-state index in [1.165, 1.54) is 6.26 Å². The van der Waals surface area contributed by atoms with Crippen molar-refractivity contribution >= 4 is 0 Å². The van der Waals surface area contributed by atoms with Crippen LogP contribution >= 0.6 is 0 Å². The summed E-state index contributed by atoms with van der Waals surface area (Å²) in [6.07, 6.45) is 4.74. The summed E-state index contributed by atoms with van der Waals surface area (Å²) in [5, 5.41) is 3.54. The third-order valence-electron chi connectivity index (χ3n) is 2.69. The molecule has 0 amide bonds. The van der Waals surface area contributed by atoms with E-state index < -0.39 is 0 Å².